The molecule has 0 radical (unpaired) electrons. The van der Waals surface area contributed by atoms with Gasteiger partial charge in [0.05, 0.1) is 6.42 Å². The van der Waals surface area contributed by atoms with E-state index in [1.165, 1.54) is 11.3 Å². The number of rotatable bonds is 6. The molecule has 0 bridgehead atoms. The van der Waals surface area contributed by atoms with E-state index in [1.54, 1.807) is 0 Å². The van der Waals surface area contributed by atoms with Gasteiger partial charge in [-0.05, 0) is 42.2 Å². The first-order valence-corrected chi connectivity index (χ1v) is 8.86. The van der Waals surface area contributed by atoms with Crippen molar-refractivity contribution in [3.8, 4) is 0 Å². The van der Waals surface area contributed by atoms with Crippen molar-refractivity contribution in [2.45, 2.75) is 19.3 Å². The van der Waals surface area contributed by atoms with Crippen LogP contribution in [0.25, 0.3) is 0 Å². The van der Waals surface area contributed by atoms with Crippen LogP contribution in [0, 0.1) is 0 Å². The third-order valence-corrected chi connectivity index (χ3v) is 4.66. The molecule has 0 aliphatic carbocycles. The Labute approximate surface area is 145 Å². The summed E-state index contributed by atoms with van der Waals surface area (Å²) in [5.74, 6) is 0.0879. The van der Waals surface area contributed by atoms with Crippen LogP contribution in [0.3, 0.4) is 0 Å². The molecule has 0 unspecified atom stereocenters. The standard InChI is InChI=1S/C19H21BrN2O/c20-17-7-3-5-15(13-17)14-19(23)21-10-4-11-22-12-9-16-6-1-2-8-18(16)22/h1-3,5-8,13H,4,9-12,14H2,(H,21,23). The zero-order chi connectivity index (χ0) is 16.1. The zero-order valence-electron chi connectivity index (χ0n) is 13.1. The second kappa shape index (κ2) is 7.64. The summed E-state index contributed by atoms with van der Waals surface area (Å²) in [6.45, 7) is 2.81. The lowest BCUT2D eigenvalue weighted by molar-refractivity contribution is -0.120. The molecule has 23 heavy (non-hydrogen) atoms. The Morgan fingerprint density at radius 2 is 2.04 bits per heavy atom. The highest BCUT2D eigenvalue weighted by atomic mass is 79.9. The highest BCUT2D eigenvalue weighted by Gasteiger charge is 2.17. The number of halogens is 1. The SMILES string of the molecule is O=C(Cc1cccc(Br)c1)NCCCN1CCc2ccccc21. The highest BCUT2D eigenvalue weighted by molar-refractivity contribution is 9.10. The normalized spacial score (nSPS) is 13.0. The molecule has 0 fully saturated rings. The molecule has 1 amide bonds. The van der Waals surface area contributed by atoms with Crippen molar-refractivity contribution >= 4 is 27.5 Å². The van der Waals surface area contributed by atoms with Gasteiger partial charge in [0.15, 0.2) is 0 Å². The molecule has 0 atom stereocenters. The molecule has 0 spiro atoms. The van der Waals surface area contributed by atoms with Gasteiger partial charge in [0.2, 0.25) is 5.91 Å². The fourth-order valence-electron chi connectivity index (χ4n) is 3.03. The van der Waals surface area contributed by atoms with Crippen LogP contribution in [-0.2, 0) is 17.6 Å². The zero-order valence-corrected chi connectivity index (χ0v) is 14.7. The van der Waals surface area contributed by atoms with E-state index >= 15 is 0 Å². The Morgan fingerprint density at radius 3 is 2.91 bits per heavy atom. The van der Waals surface area contributed by atoms with E-state index in [9.17, 15) is 4.79 Å². The lowest BCUT2D eigenvalue weighted by Gasteiger charge is -2.19. The number of amides is 1. The third-order valence-electron chi connectivity index (χ3n) is 4.16. The molecule has 1 aliphatic heterocycles. The van der Waals surface area contributed by atoms with Crippen molar-refractivity contribution < 1.29 is 4.79 Å². The Hall–Kier alpha value is -1.81. The van der Waals surface area contributed by atoms with Crippen molar-refractivity contribution in [1.29, 1.82) is 0 Å². The summed E-state index contributed by atoms with van der Waals surface area (Å²) >= 11 is 3.43. The van der Waals surface area contributed by atoms with Crippen LogP contribution in [0.15, 0.2) is 53.0 Å². The molecule has 1 aliphatic rings. The molecule has 3 nitrogen and oxygen atoms in total. The lowest BCUT2D eigenvalue weighted by atomic mass is 10.1. The molecule has 2 aromatic carbocycles. The van der Waals surface area contributed by atoms with Crippen LogP contribution in [-0.4, -0.2) is 25.5 Å². The maximum Gasteiger partial charge on any atom is 0.224 e. The van der Waals surface area contributed by atoms with Crippen molar-refractivity contribution in [1.82, 2.24) is 5.32 Å². The summed E-state index contributed by atoms with van der Waals surface area (Å²) in [5, 5.41) is 3.02. The molecule has 1 N–H and O–H groups in total. The molecule has 1 heterocycles. The molecule has 4 heteroatoms. The topological polar surface area (TPSA) is 32.3 Å². The maximum atomic E-state index is 12.0. The number of hydrogen-bond acceptors (Lipinski definition) is 2. The number of anilines is 1. The van der Waals surface area contributed by atoms with Gasteiger partial charge < -0.3 is 10.2 Å². The van der Waals surface area contributed by atoms with E-state index < -0.39 is 0 Å². The van der Waals surface area contributed by atoms with E-state index in [4.69, 9.17) is 0 Å². The average molecular weight is 373 g/mol. The summed E-state index contributed by atoms with van der Waals surface area (Å²) in [7, 11) is 0. The van der Waals surface area contributed by atoms with Crippen LogP contribution in [0.5, 0.6) is 0 Å². The molecule has 3 rings (SSSR count). The smallest absolute Gasteiger partial charge is 0.224 e. The van der Waals surface area contributed by atoms with Gasteiger partial charge >= 0.3 is 0 Å². The van der Waals surface area contributed by atoms with E-state index in [0.717, 1.165) is 42.5 Å². The van der Waals surface area contributed by atoms with Gasteiger partial charge in [0.25, 0.3) is 0 Å². The van der Waals surface area contributed by atoms with Crippen LogP contribution in [0.1, 0.15) is 17.5 Å². The van der Waals surface area contributed by atoms with E-state index in [-0.39, 0.29) is 5.91 Å². The summed E-state index contributed by atoms with van der Waals surface area (Å²) in [6, 6.07) is 16.5. The van der Waals surface area contributed by atoms with Crippen molar-refractivity contribution in [3.05, 3.63) is 64.1 Å². The third kappa shape index (κ3) is 4.35. The van der Waals surface area contributed by atoms with E-state index in [2.05, 4.69) is 50.4 Å². The summed E-state index contributed by atoms with van der Waals surface area (Å²) in [5.41, 5.74) is 3.82. The molecular formula is C19H21BrN2O. The maximum absolute atomic E-state index is 12.0. The second-order valence-corrected chi connectivity index (χ2v) is 6.79. The van der Waals surface area contributed by atoms with Crippen LogP contribution >= 0.6 is 15.9 Å². The Bertz CT molecular complexity index is 687. The minimum absolute atomic E-state index is 0.0879. The number of fused-ring (bicyclic) bond motifs is 1. The van der Waals surface area contributed by atoms with Gasteiger partial charge in [-0.15, -0.1) is 0 Å². The molecule has 120 valence electrons. The van der Waals surface area contributed by atoms with E-state index in [0.29, 0.717) is 6.42 Å². The van der Waals surface area contributed by atoms with Gasteiger partial charge in [0.1, 0.15) is 0 Å². The number of nitrogens with one attached hydrogen (secondary N) is 1. The van der Waals surface area contributed by atoms with Gasteiger partial charge in [-0.3, -0.25) is 4.79 Å². The number of benzene rings is 2. The average Bonchev–Trinajstić information content (AvgIpc) is 2.95. The second-order valence-electron chi connectivity index (χ2n) is 5.88. The van der Waals surface area contributed by atoms with Gasteiger partial charge in [-0.25, -0.2) is 0 Å². The Balaban J connectivity index is 1.40. The lowest BCUT2D eigenvalue weighted by Crippen LogP contribution is -2.30. The highest BCUT2D eigenvalue weighted by Crippen LogP contribution is 2.27. The monoisotopic (exact) mass is 372 g/mol. The number of carbonyl (C=O) groups is 1. The minimum atomic E-state index is 0.0879. The molecule has 2 aromatic rings. The van der Waals surface area contributed by atoms with Gasteiger partial charge in [-0.2, -0.15) is 0 Å². The van der Waals surface area contributed by atoms with Crippen molar-refractivity contribution in [2.24, 2.45) is 0 Å². The van der Waals surface area contributed by atoms with Crippen LogP contribution < -0.4 is 10.2 Å². The molecule has 0 aromatic heterocycles. The summed E-state index contributed by atoms with van der Waals surface area (Å²) in [4.78, 5) is 14.4. The predicted molar refractivity (Wildman–Crippen MR) is 97.8 cm³/mol. The summed E-state index contributed by atoms with van der Waals surface area (Å²) < 4.78 is 1.01. The molecular weight excluding hydrogens is 352 g/mol. The first-order chi connectivity index (χ1) is 11.2. The van der Waals surface area contributed by atoms with Gasteiger partial charge in [0, 0.05) is 29.8 Å². The van der Waals surface area contributed by atoms with E-state index in [1.807, 2.05) is 24.3 Å². The number of nitrogens with zero attached hydrogens (tertiary/aromatic N) is 1. The first-order valence-electron chi connectivity index (χ1n) is 8.06. The van der Waals surface area contributed by atoms with Crippen LogP contribution in [0.2, 0.25) is 0 Å². The molecule has 0 saturated heterocycles. The fraction of sp³-hybridized carbons (Fsp3) is 0.316. The number of hydrogen-bond donors (Lipinski definition) is 1. The number of para-hydroxylation sites is 1. The van der Waals surface area contributed by atoms with Gasteiger partial charge in [-0.1, -0.05) is 46.3 Å². The number of carbonyl (C=O) groups excluding carboxylic acids is 1. The quantitative estimate of drug-likeness (QED) is 0.786. The predicted octanol–water partition coefficient (Wildman–Crippen LogP) is 3.56. The van der Waals surface area contributed by atoms with Crippen molar-refractivity contribution in [3.63, 3.8) is 0 Å². The first kappa shape index (κ1) is 16.1. The Morgan fingerprint density at radius 1 is 1.17 bits per heavy atom. The summed E-state index contributed by atoms with van der Waals surface area (Å²) in [6.07, 6.45) is 2.54. The fourth-order valence-corrected chi connectivity index (χ4v) is 3.48. The largest absolute Gasteiger partial charge is 0.371 e. The van der Waals surface area contributed by atoms with Crippen LogP contribution in [0.4, 0.5) is 5.69 Å². The minimum Gasteiger partial charge on any atom is -0.371 e. The molecule has 0 saturated carbocycles. The van der Waals surface area contributed by atoms with Crippen molar-refractivity contribution in [2.75, 3.05) is 24.5 Å². The Kier molecular flexibility index (Phi) is 5.34.